The molecule has 1 fully saturated rings. The topological polar surface area (TPSA) is 62.7 Å². The monoisotopic (exact) mass is 461 g/mol. The molecule has 0 amide bonds. The molecule has 1 aliphatic heterocycles. The van der Waals surface area contributed by atoms with E-state index in [1.165, 1.54) is 16.4 Å². The molecule has 1 aliphatic rings. The number of hydrogen-bond donors (Lipinski definition) is 0. The number of rotatable bonds is 6. The number of sulfonamides is 1. The molecule has 1 aromatic heterocycles. The number of nitrogens with zero attached hydrogens (tertiary/aromatic N) is 3. The first-order valence-electron chi connectivity index (χ1n) is 9.94. The molecule has 9 heteroatoms. The van der Waals surface area contributed by atoms with Crippen molar-refractivity contribution in [1.82, 2.24) is 14.2 Å². The van der Waals surface area contributed by atoms with Gasteiger partial charge >= 0.3 is 0 Å². The molecule has 0 unspecified atom stereocenters. The molecule has 0 aliphatic carbocycles. The Morgan fingerprint density at radius 3 is 2.45 bits per heavy atom. The summed E-state index contributed by atoms with van der Waals surface area (Å²) < 4.78 is 45.9. The van der Waals surface area contributed by atoms with Crippen LogP contribution in [0.4, 0.5) is 4.39 Å². The third-order valence-corrected chi connectivity index (χ3v) is 8.11. The maximum absolute atomic E-state index is 13.1. The van der Waals surface area contributed by atoms with Gasteiger partial charge in [-0.05, 0) is 55.0 Å². The molecule has 164 valence electrons. The van der Waals surface area contributed by atoms with Crippen LogP contribution in [-0.4, -0.2) is 55.9 Å². The van der Waals surface area contributed by atoms with Gasteiger partial charge in [0.2, 0.25) is 10.0 Å². The van der Waals surface area contributed by atoms with Crippen molar-refractivity contribution in [3.63, 3.8) is 0 Å². The van der Waals surface area contributed by atoms with Crippen LogP contribution in [0.2, 0.25) is 0 Å². The van der Waals surface area contributed by atoms with E-state index in [9.17, 15) is 12.8 Å². The van der Waals surface area contributed by atoms with Gasteiger partial charge in [-0.25, -0.2) is 17.8 Å². The van der Waals surface area contributed by atoms with E-state index in [-0.39, 0.29) is 5.82 Å². The van der Waals surface area contributed by atoms with Gasteiger partial charge in [0.1, 0.15) is 16.6 Å². The predicted octanol–water partition coefficient (Wildman–Crippen LogP) is 3.77. The van der Waals surface area contributed by atoms with Crippen LogP contribution < -0.4 is 4.74 Å². The Morgan fingerprint density at radius 1 is 1.10 bits per heavy atom. The van der Waals surface area contributed by atoms with Crippen LogP contribution in [0, 0.1) is 12.7 Å². The van der Waals surface area contributed by atoms with Crippen molar-refractivity contribution < 1.29 is 17.5 Å². The number of aryl methyl sites for hydroxylation is 1. The first-order chi connectivity index (χ1) is 14.9. The van der Waals surface area contributed by atoms with Crippen LogP contribution in [0.25, 0.3) is 11.3 Å². The number of hydrogen-bond acceptors (Lipinski definition) is 6. The van der Waals surface area contributed by atoms with Gasteiger partial charge in [-0.2, -0.15) is 4.31 Å². The second-order valence-electron chi connectivity index (χ2n) is 7.45. The van der Waals surface area contributed by atoms with Gasteiger partial charge in [0.15, 0.2) is 0 Å². The van der Waals surface area contributed by atoms with Crippen molar-refractivity contribution in [1.29, 1.82) is 0 Å². The Labute approximate surface area is 186 Å². The first kappa shape index (κ1) is 21.9. The van der Waals surface area contributed by atoms with Crippen LogP contribution in [0.5, 0.6) is 5.75 Å². The molecule has 1 saturated heterocycles. The van der Waals surface area contributed by atoms with Crippen LogP contribution in [0.15, 0.2) is 52.7 Å². The molecule has 0 atom stereocenters. The first-order valence-corrected chi connectivity index (χ1v) is 12.3. The largest absolute Gasteiger partial charge is 0.496 e. The van der Waals surface area contributed by atoms with Crippen LogP contribution in [0.1, 0.15) is 10.6 Å². The van der Waals surface area contributed by atoms with E-state index in [4.69, 9.17) is 4.74 Å². The van der Waals surface area contributed by atoms with Crippen molar-refractivity contribution in [3.8, 4) is 17.0 Å². The van der Waals surface area contributed by atoms with E-state index in [0.717, 1.165) is 21.8 Å². The van der Waals surface area contributed by atoms with E-state index in [1.807, 2.05) is 12.3 Å². The Bertz CT molecular complexity index is 1150. The van der Waals surface area contributed by atoms with E-state index >= 15 is 0 Å². The summed E-state index contributed by atoms with van der Waals surface area (Å²) in [6.45, 7) is 4.65. The highest BCUT2D eigenvalue weighted by Crippen LogP contribution is 2.26. The lowest BCUT2D eigenvalue weighted by Crippen LogP contribution is -2.48. The fraction of sp³-hybridized carbons (Fsp3) is 0.318. The number of methoxy groups -OCH3 is 1. The third-order valence-electron chi connectivity index (χ3n) is 5.39. The number of piperazine rings is 1. The Balaban J connectivity index is 1.37. The summed E-state index contributed by atoms with van der Waals surface area (Å²) in [4.78, 5) is 7.16. The Hall–Kier alpha value is -2.33. The standard InChI is InChI=1S/C22H24FN3O3S2/c1-16-13-19(7-8-21(16)29-2)31(27,28)26-11-9-25(10-12-26)14-22-24-20(15-30-22)17-3-5-18(23)6-4-17/h3-8,13,15H,9-12,14H2,1-2H3. The summed E-state index contributed by atoms with van der Waals surface area (Å²) in [5.74, 6) is 0.407. The average Bonchev–Trinajstić information content (AvgIpc) is 3.23. The predicted molar refractivity (Wildman–Crippen MR) is 119 cm³/mol. The maximum Gasteiger partial charge on any atom is 0.243 e. The highest BCUT2D eigenvalue weighted by Gasteiger charge is 2.29. The van der Waals surface area contributed by atoms with Crippen molar-refractivity contribution in [2.45, 2.75) is 18.4 Å². The summed E-state index contributed by atoms with van der Waals surface area (Å²) in [6, 6.07) is 11.3. The van der Waals surface area contributed by atoms with Gasteiger partial charge in [-0.15, -0.1) is 11.3 Å². The van der Waals surface area contributed by atoms with Gasteiger partial charge < -0.3 is 4.74 Å². The third kappa shape index (κ3) is 4.79. The van der Waals surface area contributed by atoms with Gasteiger partial charge in [0.05, 0.1) is 24.2 Å². The lowest BCUT2D eigenvalue weighted by Gasteiger charge is -2.33. The van der Waals surface area contributed by atoms with Crippen molar-refractivity contribution in [2.75, 3.05) is 33.3 Å². The number of halogens is 1. The van der Waals surface area contributed by atoms with Gasteiger partial charge in [-0.3, -0.25) is 4.90 Å². The molecule has 4 rings (SSSR count). The van der Waals surface area contributed by atoms with E-state index in [1.54, 1.807) is 48.8 Å². The minimum absolute atomic E-state index is 0.267. The zero-order valence-corrected chi connectivity index (χ0v) is 19.0. The zero-order valence-electron chi connectivity index (χ0n) is 17.4. The second-order valence-corrected chi connectivity index (χ2v) is 10.3. The SMILES string of the molecule is COc1ccc(S(=O)(=O)N2CCN(Cc3nc(-c4ccc(F)cc4)cs3)CC2)cc1C. The second kappa shape index (κ2) is 9.04. The number of ether oxygens (including phenoxy) is 1. The summed E-state index contributed by atoms with van der Waals surface area (Å²) in [6.07, 6.45) is 0. The highest BCUT2D eigenvalue weighted by molar-refractivity contribution is 7.89. The number of thiazole rings is 1. The minimum atomic E-state index is -3.53. The van der Waals surface area contributed by atoms with E-state index in [2.05, 4.69) is 9.88 Å². The summed E-state index contributed by atoms with van der Waals surface area (Å²) in [5, 5.41) is 2.93. The van der Waals surface area contributed by atoms with Crippen LogP contribution in [-0.2, 0) is 16.6 Å². The molecule has 0 saturated carbocycles. The molecular weight excluding hydrogens is 437 g/mol. The number of aromatic nitrogens is 1. The lowest BCUT2D eigenvalue weighted by molar-refractivity contribution is 0.181. The lowest BCUT2D eigenvalue weighted by atomic mass is 10.2. The smallest absolute Gasteiger partial charge is 0.243 e. The Kier molecular flexibility index (Phi) is 6.38. The molecule has 2 aromatic carbocycles. The van der Waals surface area contributed by atoms with Crippen molar-refractivity contribution >= 4 is 21.4 Å². The van der Waals surface area contributed by atoms with E-state index in [0.29, 0.717) is 43.4 Å². The van der Waals surface area contributed by atoms with Gasteiger partial charge in [0, 0.05) is 37.1 Å². The van der Waals surface area contributed by atoms with Crippen molar-refractivity contribution in [3.05, 3.63) is 64.2 Å². The van der Waals surface area contributed by atoms with Crippen LogP contribution >= 0.6 is 11.3 Å². The molecule has 0 bridgehead atoms. The van der Waals surface area contributed by atoms with Crippen LogP contribution in [0.3, 0.4) is 0 Å². The van der Waals surface area contributed by atoms with E-state index < -0.39 is 10.0 Å². The molecule has 0 radical (unpaired) electrons. The summed E-state index contributed by atoms with van der Waals surface area (Å²) in [5.41, 5.74) is 2.51. The molecule has 6 nitrogen and oxygen atoms in total. The molecule has 0 N–H and O–H groups in total. The fourth-order valence-corrected chi connectivity index (χ4v) is 5.97. The molecule has 3 aromatic rings. The molecule has 0 spiro atoms. The molecule has 31 heavy (non-hydrogen) atoms. The number of benzene rings is 2. The van der Waals surface area contributed by atoms with Gasteiger partial charge in [-0.1, -0.05) is 0 Å². The van der Waals surface area contributed by atoms with Gasteiger partial charge in [0.25, 0.3) is 0 Å². The normalized spacial score (nSPS) is 15.8. The minimum Gasteiger partial charge on any atom is -0.496 e. The summed E-state index contributed by atoms with van der Waals surface area (Å²) >= 11 is 1.56. The quantitative estimate of drug-likeness (QED) is 0.559. The maximum atomic E-state index is 13.1. The van der Waals surface area contributed by atoms with Crippen molar-refractivity contribution in [2.24, 2.45) is 0 Å². The average molecular weight is 462 g/mol. The summed E-state index contributed by atoms with van der Waals surface area (Å²) in [7, 11) is -1.96. The molecular formula is C22H24FN3O3S2. The molecule has 2 heterocycles. The zero-order chi connectivity index (χ0) is 22.0. The Morgan fingerprint density at radius 2 is 1.81 bits per heavy atom. The highest BCUT2D eigenvalue weighted by atomic mass is 32.2. The fourth-order valence-electron chi connectivity index (χ4n) is 3.62.